The number of carbonyl (C=O) groups is 2. The average molecular weight is 487 g/mol. The number of hydrogen-bond donors (Lipinski definition) is 1. The molecular formula is C23H26N4O4S2. The quantitative estimate of drug-likeness (QED) is 0.565. The lowest BCUT2D eigenvalue weighted by Crippen LogP contribution is -2.37. The van der Waals surface area contributed by atoms with Gasteiger partial charge in [0.2, 0.25) is 5.88 Å². The number of hydrogen-bond acceptors (Lipinski definition) is 8. The normalized spacial score (nSPS) is 13.9. The first-order chi connectivity index (χ1) is 15.9. The predicted octanol–water partition coefficient (Wildman–Crippen LogP) is 3.90. The van der Waals surface area contributed by atoms with Crippen LogP contribution in [0.25, 0.3) is 10.2 Å². The van der Waals surface area contributed by atoms with Gasteiger partial charge in [0.25, 0.3) is 11.8 Å². The van der Waals surface area contributed by atoms with E-state index < -0.39 is 0 Å². The third kappa shape index (κ3) is 4.83. The third-order valence-electron chi connectivity index (χ3n) is 5.50. The van der Waals surface area contributed by atoms with Crippen LogP contribution in [0.3, 0.4) is 0 Å². The Morgan fingerprint density at radius 1 is 1.15 bits per heavy atom. The van der Waals surface area contributed by atoms with Crippen LogP contribution in [0, 0.1) is 13.8 Å². The first-order valence-corrected chi connectivity index (χ1v) is 12.5. The van der Waals surface area contributed by atoms with E-state index in [4.69, 9.17) is 9.47 Å². The Hall–Kier alpha value is -2.69. The fourth-order valence-electron chi connectivity index (χ4n) is 3.77. The number of amides is 2. The molecule has 2 amide bonds. The third-order valence-corrected chi connectivity index (χ3v) is 7.62. The number of ether oxygens (including phenoxy) is 2. The van der Waals surface area contributed by atoms with Crippen molar-refractivity contribution in [3.05, 3.63) is 45.6 Å². The zero-order valence-electron chi connectivity index (χ0n) is 19.1. The number of aromatic nitrogens is 2. The van der Waals surface area contributed by atoms with E-state index in [0.717, 1.165) is 41.1 Å². The van der Waals surface area contributed by atoms with E-state index in [1.54, 1.807) is 26.4 Å². The maximum atomic E-state index is 13.1. The smallest absolute Gasteiger partial charge is 0.266 e. The Morgan fingerprint density at radius 3 is 2.58 bits per heavy atom. The van der Waals surface area contributed by atoms with Crippen molar-refractivity contribution in [2.24, 2.45) is 0 Å². The molecular weight excluding hydrogens is 460 g/mol. The van der Waals surface area contributed by atoms with Crippen molar-refractivity contribution in [3.8, 4) is 5.88 Å². The summed E-state index contributed by atoms with van der Waals surface area (Å²) in [5, 5.41) is 3.71. The number of thioether (sulfide) groups is 1. The molecule has 0 bridgehead atoms. The first-order valence-electron chi connectivity index (χ1n) is 10.5. The largest absolute Gasteiger partial charge is 0.480 e. The van der Waals surface area contributed by atoms with Crippen molar-refractivity contribution in [1.82, 2.24) is 14.9 Å². The molecule has 0 saturated carbocycles. The topological polar surface area (TPSA) is 93.7 Å². The van der Waals surface area contributed by atoms with Crippen LogP contribution >= 0.6 is 23.1 Å². The van der Waals surface area contributed by atoms with Crippen LogP contribution in [0.1, 0.15) is 37.0 Å². The zero-order valence-corrected chi connectivity index (χ0v) is 20.7. The number of nitrogens with one attached hydrogen (secondary N) is 1. The fourth-order valence-corrected chi connectivity index (χ4v) is 5.76. The molecule has 0 radical (unpaired) electrons. The highest BCUT2D eigenvalue weighted by Gasteiger charge is 2.23. The molecule has 2 aromatic heterocycles. The van der Waals surface area contributed by atoms with E-state index >= 15 is 0 Å². The van der Waals surface area contributed by atoms with E-state index in [0.29, 0.717) is 32.7 Å². The van der Waals surface area contributed by atoms with Crippen LogP contribution in [0.5, 0.6) is 5.88 Å². The minimum absolute atomic E-state index is 0.0363. The molecule has 10 heteroatoms. The number of aryl methyl sites for hydroxylation is 2. The number of carbonyl (C=O) groups excluding carboxylic acids is 2. The van der Waals surface area contributed by atoms with Crippen LogP contribution < -0.4 is 10.1 Å². The van der Waals surface area contributed by atoms with Gasteiger partial charge in [0.1, 0.15) is 11.4 Å². The van der Waals surface area contributed by atoms with Crippen LogP contribution in [-0.2, 0) is 11.3 Å². The van der Waals surface area contributed by atoms with Crippen LogP contribution in [-0.4, -0.2) is 65.5 Å². The molecule has 174 valence electrons. The van der Waals surface area contributed by atoms with Crippen molar-refractivity contribution >= 4 is 50.8 Å². The highest BCUT2D eigenvalue weighted by molar-refractivity contribution is 7.99. The molecule has 33 heavy (non-hydrogen) atoms. The fraction of sp³-hybridized carbons (Fsp3) is 0.391. The molecule has 1 saturated heterocycles. The number of nitrogens with zero attached hydrogens (tertiary/aromatic N) is 3. The SMILES string of the molecule is COCc1nc(OC)c2c(C)c(C(=O)Nc3ccc(C(=O)N4CCSCC4)cc3C)sc2n1. The van der Waals surface area contributed by atoms with Crippen molar-refractivity contribution in [3.63, 3.8) is 0 Å². The standard InChI is InChI=1S/C23H26N4O4S2/c1-13-11-15(23(29)27-7-9-32-10-8-27)5-6-16(13)24-20(28)19-14(2)18-21(31-4)25-17(12-30-3)26-22(18)33-19/h5-6,11H,7-10,12H2,1-4H3,(H,24,28). The molecule has 3 aromatic rings. The number of anilines is 1. The van der Waals surface area contributed by atoms with Crippen LogP contribution in [0.2, 0.25) is 0 Å². The predicted molar refractivity (Wildman–Crippen MR) is 132 cm³/mol. The summed E-state index contributed by atoms with van der Waals surface area (Å²) in [6.45, 7) is 5.55. The molecule has 0 aliphatic carbocycles. The number of fused-ring (bicyclic) bond motifs is 1. The molecule has 1 N–H and O–H groups in total. The second kappa shape index (κ2) is 10.1. The molecule has 0 spiro atoms. The van der Waals surface area contributed by atoms with E-state index in [1.165, 1.54) is 11.3 Å². The Morgan fingerprint density at radius 2 is 1.91 bits per heavy atom. The minimum atomic E-state index is -0.235. The van der Waals surface area contributed by atoms with E-state index in [9.17, 15) is 9.59 Å². The van der Waals surface area contributed by atoms with Crippen LogP contribution in [0.15, 0.2) is 18.2 Å². The first kappa shape index (κ1) is 23.5. The molecule has 0 atom stereocenters. The maximum absolute atomic E-state index is 13.1. The highest BCUT2D eigenvalue weighted by atomic mass is 32.2. The van der Waals surface area contributed by atoms with Crippen molar-refractivity contribution in [2.45, 2.75) is 20.5 Å². The molecule has 1 aliphatic rings. The summed E-state index contributed by atoms with van der Waals surface area (Å²) in [7, 11) is 3.12. The van der Waals surface area contributed by atoms with Gasteiger partial charge >= 0.3 is 0 Å². The summed E-state index contributed by atoms with van der Waals surface area (Å²) in [6, 6.07) is 5.40. The van der Waals surface area contributed by atoms with Gasteiger partial charge in [0, 0.05) is 43.0 Å². The van der Waals surface area contributed by atoms with Gasteiger partial charge in [-0.1, -0.05) is 0 Å². The van der Waals surface area contributed by atoms with Gasteiger partial charge in [0.05, 0.1) is 17.4 Å². The second-order valence-electron chi connectivity index (χ2n) is 7.71. The van der Waals surface area contributed by atoms with Gasteiger partial charge in [-0.3, -0.25) is 9.59 Å². The number of thiophene rings is 1. The van der Waals surface area contributed by atoms with Crippen molar-refractivity contribution in [1.29, 1.82) is 0 Å². The number of rotatable bonds is 6. The van der Waals surface area contributed by atoms with Gasteiger partial charge in [-0.05, 0) is 43.2 Å². The molecule has 1 fully saturated rings. The monoisotopic (exact) mass is 486 g/mol. The lowest BCUT2D eigenvalue weighted by Gasteiger charge is -2.26. The van der Waals surface area contributed by atoms with E-state index in [1.807, 2.05) is 36.6 Å². The number of benzene rings is 1. The van der Waals surface area contributed by atoms with Crippen molar-refractivity contribution < 1.29 is 19.1 Å². The lowest BCUT2D eigenvalue weighted by molar-refractivity contribution is 0.0772. The lowest BCUT2D eigenvalue weighted by atomic mass is 10.1. The Bertz CT molecular complexity index is 1200. The Labute approximate surface area is 200 Å². The molecule has 1 aromatic carbocycles. The summed E-state index contributed by atoms with van der Waals surface area (Å²) in [5.74, 6) is 2.66. The summed E-state index contributed by atoms with van der Waals surface area (Å²) in [5.41, 5.74) is 2.90. The van der Waals surface area contributed by atoms with Gasteiger partial charge < -0.3 is 19.7 Å². The van der Waals surface area contributed by atoms with Crippen molar-refractivity contribution in [2.75, 3.05) is 44.1 Å². The zero-order chi connectivity index (χ0) is 23.5. The highest BCUT2D eigenvalue weighted by Crippen LogP contribution is 2.35. The summed E-state index contributed by atoms with van der Waals surface area (Å²) in [4.78, 5) is 37.9. The summed E-state index contributed by atoms with van der Waals surface area (Å²) < 4.78 is 10.6. The van der Waals surface area contributed by atoms with Crippen LogP contribution in [0.4, 0.5) is 5.69 Å². The molecule has 4 rings (SSSR count). The van der Waals surface area contributed by atoms with Gasteiger partial charge in [-0.15, -0.1) is 11.3 Å². The molecule has 8 nitrogen and oxygen atoms in total. The molecule has 0 unspecified atom stereocenters. The average Bonchev–Trinajstić information content (AvgIpc) is 3.16. The molecule has 3 heterocycles. The van der Waals surface area contributed by atoms with E-state index in [2.05, 4.69) is 15.3 Å². The van der Waals surface area contributed by atoms with Gasteiger partial charge in [0.15, 0.2) is 5.82 Å². The maximum Gasteiger partial charge on any atom is 0.266 e. The Kier molecular flexibility index (Phi) is 7.16. The summed E-state index contributed by atoms with van der Waals surface area (Å²) in [6.07, 6.45) is 0. The minimum Gasteiger partial charge on any atom is -0.480 e. The Balaban J connectivity index is 1.58. The van der Waals surface area contributed by atoms with Gasteiger partial charge in [-0.25, -0.2) is 4.98 Å². The van der Waals surface area contributed by atoms with E-state index in [-0.39, 0.29) is 18.4 Å². The summed E-state index contributed by atoms with van der Waals surface area (Å²) >= 11 is 3.16. The van der Waals surface area contributed by atoms with Gasteiger partial charge in [-0.2, -0.15) is 16.7 Å². The second-order valence-corrected chi connectivity index (χ2v) is 9.93. The molecule has 1 aliphatic heterocycles. The number of methoxy groups -OCH3 is 2.